The van der Waals surface area contributed by atoms with E-state index in [1.165, 1.54) is 17.8 Å². The molecule has 2 aromatic carbocycles. The highest BCUT2D eigenvalue weighted by atomic mass is 32.2. The van der Waals surface area contributed by atoms with Crippen molar-refractivity contribution in [1.29, 1.82) is 0 Å². The van der Waals surface area contributed by atoms with E-state index in [0.29, 0.717) is 0 Å². The predicted molar refractivity (Wildman–Crippen MR) is 91.0 cm³/mol. The van der Waals surface area contributed by atoms with Crippen molar-refractivity contribution in [2.75, 3.05) is 5.32 Å². The molecule has 0 fully saturated rings. The lowest BCUT2D eigenvalue weighted by molar-refractivity contribution is -0.115. The summed E-state index contributed by atoms with van der Waals surface area (Å²) in [7, 11) is 0. The third-order valence-electron chi connectivity index (χ3n) is 3.48. The molecular weight excluding hydrogens is 316 g/mol. The third kappa shape index (κ3) is 4.10. The Bertz CT molecular complexity index is 703. The first-order valence-corrected chi connectivity index (χ1v) is 8.17. The molecule has 2 aromatic rings. The first-order chi connectivity index (χ1) is 10.8. The number of benzene rings is 2. The minimum atomic E-state index is -0.779. The molecule has 0 spiro atoms. The van der Waals surface area contributed by atoms with Crippen molar-refractivity contribution in [2.24, 2.45) is 0 Å². The number of hydrogen-bond acceptors (Lipinski definition) is 2. The van der Waals surface area contributed by atoms with Crippen LogP contribution in [0.4, 0.5) is 14.5 Å². The molecule has 2 rings (SSSR count). The number of hydrogen-bond donors (Lipinski definition) is 1. The van der Waals surface area contributed by atoms with Crippen LogP contribution < -0.4 is 5.32 Å². The van der Waals surface area contributed by atoms with Crippen LogP contribution in [-0.2, 0) is 4.79 Å². The van der Waals surface area contributed by atoms with Gasteiger partial charge in [-0.15, -0.1) is 11.8 Å². The van der Waals surface area contributed by atoms with Crippen LogP contribution >= 0.6 is 11.8 Å². The fourth-order valence-electron chi connectivity index (χ4n) is 2.43. The van der Waals surface area contributed by atoms with Gasteiger partial charge in [0.15, 0.2) is 0 Å². The zero-order valence-corrected chi connectivity index (χ0v) is 14.4. The van der Waals surface area contributed by atoms with E-state index in [1.807, 2.05) is 20.8 Å². The normalized spacial score (nSPS) is 12.1. The smallest absolute Gasteiger partial charge is 0.237 e. The second-order valence-corrected chi connectivity index (χ2v) is 6.92. The summed E-state index contributed by atoms with van der Waals surface area (Å²) >= 11 is 1.39. The molecule has 0 aliphatic heterocycles. The summed E-state index contributed by atoms with van der Waals surface area (Å²) < 4.78 is 27.2. The molecule has 0 heterocycles. The van der Waals surface area contributed by atoms with Crippen LogP contribution in [0.5, 0.6) is 0 Å². The lowest BCUT2D eigenvalue weighted by Gasteiger charge is -2.16. The first kappa shape index (κ1) is 17.5. The van der Waals surface area contributed by atoms with Crippen LogP contribution in [0.3, 0.4) is 0 Å². The highest BCUT2D eigenvalue weighted by Gasteiger charge is 2.19. The molecule has 1 N–H and O–H groups in total. The number of carbonyl (C=O) groups is 1. The predicted octanol–water partition coefficient (Wildman–Crippen LogP) is 5.01. The van der Waals surface area contributed by atoms with E-state index in [1.54, 1.807) is 6.92 Å². The zero-order valence-electron chi connectivity index (χ0n) is 13.5. The highest BCUT2D eigenvalue weighted by molar-refractivity contribution is 8.00. The van der Waals surface area contributed by atoms with Crippen LogP contribution in [0.15, 0.2) is 35.2 Å². The molecule has 1 atom stereocenters. The maximum atomic E-state index is 13.6. The van der Waals surface area contributed by atoms with Crippen molar-refractivity contribution in [2.45, 2.75) is 37.8 Å². The van der Waals surface area contributed by atoms with Gasteiger partial charge >= 0.3 is 0 Å². The van der Waals surface area contributed by atoms with Crippen molar-refractivity contribution >= 4 is 23.4 Å². The number of halogens is 2. The molecule has 0 aliphatic rings. The van der Waals surface area contributed by atoms with Gasteiger partial charge in [0.05, 0.1) is 5.25 Å². The molecule has 1 unspecified atom stereocenters. The monoisotopic (exact) mass is 335 g/mol. The van der Waals surface area contributed by atoms with E-state index in [-0.39, 0.29) is 0 Å². The van der Waals surface area contributed by atoms with E-state index in [2.05, 4.69) is 17.4 Å². The van der Waals surface area contributed by atoms with Crippen molar-refractivity contribution in [1.82, 2.24) is 0 Å². The summed E-state index contributed by atoms with van der Waals surface area (Å²) in [5.41, 5.74) is 2.94. The molecule has 0 aliphatic carbocycles. The number of carbonyl (C=O) groups excluding carboxylic acids is 1. The molecule has 0 bridgehead atoms. The molecule has 23 heavy (non-hydrogen) atoms. The van der Waals surface area contributed by atoms with Crippen LogP contribution in [0.2, 0.25) is 0 Å². The number of nitrogens with one attached hydrogen (secondary N) is 1. The summed E-state index contributed by atoms with van der Waals surface area (Å²) in [6.45, 7) is 7.72. The SMILES string of the molecule is Cc1cc(C)c(SC(C)C(=O)Nc2c(F)cccc2F)c(C)c1. The zero-order chi connectivity index (χ0) is 17.1. The topological polar surface area (TPSA) is 29.1 Å². The fraction of sp³-hybridized carbons (Fsp3) is 0.278. The lowest BCUT2D eigenvalue weighted by Crippen LogP contribution is -2.23. The largest absolute Gasteiger partial charge is 0.320 e. The van der Waals surface area contributed by atoms with Gasteiger partial charge in [-0.25, -0.2) is 8.78 Å². The molecule has 122 valence electrons. The Morgan fingerprint density at radius 2 is 1.61 bits per heavy atom. The van der Waals surface area contributed by atoms with Crippen LogP contribution in [0.1, 0.15) is 23.6 Å². The molecule has 0 aromatic heterocycles. The summed E-state index contributed by atoms with van der Waals surface area (Å²) in [5, 5.41) is 1.86. The minimum absolute atomic E-state index is 0.401. The van der Waals surface area contributed by atoms with Gasteiger partial charge in [-0.05, 0) is 51.0 Å². The summed E-state index contributed by atoms with van der Waals surface area (Å²) in [6, 6.07) is 7.60. The maximum absolute atomic E-state index is 13.6. The van der Waals surface area contributed by atoms with Crippen molar-refractivity contribution in [3.63, 3.8) is 0 Å². The molecule has 5 heteroatoms. The summed E-state index contributed by atoms with van der Waals surface area (Å²) in [4.78, 5) is 13.3. The van der Waals surface area contributed by atoms with Crippen molar-refractivity contribution < 1.29 is 13.6 Å². The average molecular weight is 335 g/mol. The van der Waals surface area contributed by atoms with Gasteiger partial charge in [0, 0.05) is 4.90 Å². The standard InChI is InChI=1S/C18H19F2NOS/c1-10-8-11(2)17(12(3)9-10)23-13(4)18(22)21-16-14(19)6-5-7-15(16)20/h5-9,13H,1-4H3,(H,21,22). The quantitative estimate of drug-likeness (QED) is 0.796. The van der Waals surface area contributed by atoms with Gasteiger partial charge < -0.3 is 5.32 Å². The number of anilines is 1. The number of aryl methyl sites for hydroxylation is 3. The number of para-hydroxylation sites is 1. The molecule has 1 amide bonds. The van der Waals surface area contributed by atoms with E-state index in [0.717, 1.165) is 33.7 Å². The van der Waals surface area contributed by atoms with Gasteiger partial charge in [0.2, 0.25) is 5.91 Å². The second-order valence-electron chi connectivity index (χ2n) is 5.57. The minimum Gasteiger partial charge on any atom is -0.320 e. The lowest BCUT2D eigenvalue weighted by atomic mass is 10.1. The molecular formula is C18H19F2NOS. The van der Waals surface area contributed by atoms with Gasteiger partial charge in [0.25, 0.3) is 0 Å². The summed E-state index contributed by atoms with van der Waals surface area (Å²) in [6.07, 6.45) is 0. The Hall–Kier alpha value is -1.88. The number of rotatable bonds is 4. The van der Waals surface area contributed by atoms with Crippen LogP contribution in [0.25, 0.3) is 0 Å². The third-order valence-corrected chi connectivity index (χ3v) is 4.93. The van der Waals surface area contributed by atoms with Gasteiger partial charge in [0.1, 0.15) is 17.3 Å². The van der Waals surface area contributed by atoms with Crippen LogP contribution in [0, 0.1) is 32.4 Å². The number of amides is 1. The van der Waals surface area contributed by atoms with E-state index in [4.69, 9.17) is 0 Å². The van der Waals surface area contributed by atoms with E-state index in [9.17, 15) is 13.6 Å². The molecule has 0 radical (unpaired) electrons. The molecule has 0 saturated carbocycles. The second kappa shape index (κ2) is 7.13. The fourth-order valence-corrected chi connectivity index (χ4v) is 3.43. The Labute approximate surface area is 139 Å². The van der Waals surface area contributed by atoms with E-state index >= 15 is 0 Å². The first-order valence-electron chi connectivity index (χ1n) is 7.29. The van der Waals surface area contributed by atoms with Gasteiger partial charge in [-0.3, -0.25) is 4.79 Å². The van der Waals surface area contributed by atoms with Gasteiger partial charge in [-0.1, -0.05) is 23.8 Å². The molecule has 0 saturated heterocycles. The van der Waals surface area contributed by atoms with Crippen molar-refractivity contribution in [3.8, 4) is 0 Å². The van der Waals surface area contributed by atoms with Crippen LogP contribution in [-0.4, -0.2) is 11.2 Å². The van der Waals surface area contributed by atoms with Crippen molar-refractivity contribution in [3.05, 3.63) is 58.7 Å². The Morgan fingerprint density at radius 3 is 2.13 bits per heavy atom. The number of thioether (sulfide) groups is 1. The average Bonchev–Trinajstić information content (AvgIpc) is 2.46. The summed E-state index contributed by atoms with van der Waals surface area (Å²) in [5.74, 6) is -1.99. The van der Waals surface area contributed by atoms with Gasteiger partial charge in [-0.2, -0.15) is 0 Å². The Kier molecular flexibility index (Phi) is 5.42. The Balaban J connectivity index is 2.15. The maximum Gasteiger partial charge on any atom is 0.237 e. The molecule has 2 nitrogen and oxygen atoms in total. The Morgan fingerprint density at radius 1 is 1.09 bits per heavy atom. The van der Waals surface area contributed by atoms with E-state index < -0.39 is 28.5 Å². The highest BCUT2D eigenvalue weighted by Crippen LogP contribution is 2.31.